The molecule has 0 atom stereocenters. The Morgan fingerprint density at radius 3 is 2.84 bits per heavy atom. The number of nitrogens with zero attached hydrogens (tertiary/aromatic N) is 1. The highest BCUT2D eigenvalue weighted by molar-refractivity contribution is 6.15. The summed E-state index contributed by atoms with van der Waals surface area (Å²) in [4.78, 5) is 12.9. The maximum absolute atomic E-state index is 11.6. The summed E-state index contributed by atoms with van der Waals surface area (Å²) in [6.45, 7) is 2.25. The minimum Gasteiger partial charge on any atom is -0.504 e. The van der Waals surface area contributed by atoms with E-state index >= 15 is 0 Å². The fraction of sp³-hybridized carbons (Fsp3) is 0.231. The van der Waals surface area contributed by atoms with Gasteiger partial charge in [0.25, 0.3) is 0 Å². The van der Waals surface area contributed by atoms with E-state index in [0.29, 0.717) is 18.0 Å². The summed E-state index contributed by atoms with van der Waals surface area (Å²) in [5, 5.41) is 20.0. The van der Waals surface area contributed by atoms with Gasteiger partial charge < -0.3 is 15.2 Å². The van der Waals surface area contributed by atoms with Crippen molar-refractivity contribution in [2.45, 2.75) is 6.92 Å². The Morgan fingerprint density at radius 2 is 2.26 bits per heavy atom. The van der Waals surface area contributed by atoms with Crippen molar-refractivity contribution in [2.24, 2.45) is 0 Å². The van der Waals surface area contributed by atoms with Crippen molar-refractivity contribution in [2.75, 3.05) is 13.7 Å². The quantitative estimate of drug-likeness (QED) is 0.775. The molecule has 0 bridgehead atoms. The lowest BCUT2D eigenvalue weighted by atomic mass is 10.1. The summed E-state index contributed by atoms with van der Waals surface area (Å²) in [5.74, 6) is 0.530. The van der Waals surface area contributed by atoms with Crippen LogP contribution in [0.5, 0.6) is 11.5 Å². The molecule has 0 aromatic heterocycles. The highest BCUT2D eigenvalue weighted by Crippen LogP contribution is 2.27. The van der Waals surface area contributed by atoms with Gasteiger partial charge in [0.15, 0.2) is 17.3 Å². The SMILES string of the molecule is CCN1C(=N)C(=Cc2ccc(O)c(OC)c2)NC1=O. The van der Waals surface area contributed by atoms with E-state index in [1.165, 1.54) is 18.1 Å². The van der Waals surface area contributed by atoms with Crippen LogP contribution in [0.15, 0.2) is 23.9 Å². The predicted molar refractivity (Wildman–Crippen MR) is 71.3 cm³/mol. The summed E-state index contributed by atoms with van der Waals surface area (Å²) < 4.78 is 5.01. The van der Waals surface area contributed by atoms with Gasteiger partial charge in [-0.15, -0.1) is 0 Å². The third-order valence-corrected chi connectivity index (χ3v) is 2.84. The fourth-order valence-electron chi connectivity index (χ4n) is 1.85. The van der Waals surface area contributed by atoms with Crippen molar-refractivity contribution in [3.63, 3.8) is 0 Å². The monoisotopic (exact) mass is 261 g/mol. The number of phenolic OH excluding ortho intramolecular Hbond substituents is 1. The van der Waals surface area contributed by atoms with Crippen LogP contribution in [0.4, 0.5) is 4.79 Å². The Morgan fingerprint density at radius 1 is 1.53 bits per heavy atom. The molecule has 0 spiro atoms. The molecule has 1 aromatic rings. The Bertz CT molecular complexity index is 566. The van der Waals surface area contributed by atoms with Crippen LogP contribution in [-0.4, -0.2) is 35.5 Å². The Hall–Kier alpha value is -2.50. The lowest BCUT2D eigenvalue weighted by Gasteiger charge is -2.09. The maximum atomic E-state index is 11.6. The average Bonchev–Trinajstić information content (AvgIpc) is 2.66. The number of methoxy groups -OCH3 is 1. The van der Waals surface area contributed by atoms with Crippen molar-refractivity contribution in [3.8, 4) is 11.5 Å². The molecule has 6 heteroatoms. The molecule has 0 saturated carbocycles. The van der Waals surface area contributed by atoms with Gasteiger partial charge in [-0.05, 0) is 30.7 Å². The van der Waals surface area contributed by atoms with Gasteiger partial charge in [0.1, 0.15) is 0 Å². The van der Waals surface area contributed by atoms with Crippen molar-refractivity contribution in [1.29, 1.82) is 5.41 Å². The number of nitrogens with one attached hydrogen (secondary N) is 2. The molecule has 100 valence electrons. The number of amides is 2. The van der Waals surface area contributed by atoms with Crippen LogP contribution in [0.1, 0.15) is 12.5 Å². The molecule has 0 aliphatic carbocycles. The Balaban J connectivity index is 2.32. The number of carbonyl (C=O) groups excluding carboxylic acids is 1. The van der Waals surface area contributed by atoms with Gasteiger partial charge in [0, 0.05) is 6.54 Å². The van der Waals surface area contributed by atoms with Crippen LogP contribution in [0.3, 0.4) is 0 Å². The maximum Gasteiger partial charge on any atom is 0.327 e. The van der Waals surface area contributed by atoms with Gasteiger partial charge in [0.05, 0.1) is 12.8 Å². The van der Waals surface area contributed by atoms with Gasteiger partial charge in [-0.1, -0.05) is 6.07 Å². The van der Waals surface area contributed by atoms with E-state index in [2.05, 4.69) is 5.32 Å². The molecule has 1 heterocycles. The number of hydrogen-bond donors (Lipinski definition) is 3. The molecule has 1 aliphatic rings. The fourth-order valence-corrected chi connectivity index (χ4v) is 1.85. The second-order valence-electron chi connectivity index (χ2n) is 4.01. The molecule has 1 aromatic carbocycles. The molecule has 19 heavy (non-hydrogen) atoms. The molecule has 0 radical (unpaired) electrons. The molecule has 2 amide bonds. The topological polar surface area (TPSA) is 85.7 Å². The number of phenols is 1. The molecule has 3 N–H and O–H groups in total. The van der Waals surface area contributed by atoms with Gasteiger partial charge in [-0.3, -0.25) is 10.3 Å². The third kappa shape index (κ3) is 2.37. The first-order chi connectivity index (χ1) is 9.06. The van der Waals surface area contributed by atoms with Crippen molar-refractivity contribution in [1.82, 2.24) is 10.2 Å². The van der Waals surface area contributed by atoms with Crippen LogP contribution < -0.4 is 10.1 Å². The lowest BCUT2D eigenvalue weighted by Crippen LogP contribution is -2.29. The minimum absolute atomic E-state index is 0.0466. The second kappa shape index (κ2) is 5.01. The number of hydrogen-bond acceptors (Lipinski definition) is 4. The van der Waals surface area contributed by atoms with E-state index in [9.17, 15) is 9.90 Å². The molecular formula is C13H15N3O3. The summed E-state index contributed by atoms with van der Waals surface area (Å²) in [5.41, 5.74) is 1.16. The number of ether oxygens (including phenoxy) is 1. The molecular weight excluding hydrogens is 246 g/mol. The van der Waals surface area contributed by atoms with Crippen molar-refractivity contribution in [3.05, 3.63) is 29.5 Å². The highest BCUT2D eigenvalue weighted by Gasteiger charge is 2.28. The van der Waals surface area contributed by atoms with Crippen molar-refractivity contribution >= 4 is 17.9 Å². The van der Waals surface area contributed by atoms with E-state index in [1.54, 1.807) is 25.1 Å². The predicted octanol–water partition coefficient (Wildman–Crippen LogP) is 1.76. The van der Waals surface area contributed by atoms with Crippen LogP contribution in [0.2, 0.25) is 0 Å². The first-order valence-electron chi connectivity index (χ1n) is 5.83. The zero-order valence-corrected chi connectivity index (χ0v) is 10.7. The molecule has 1 aliphatic heterocycles. The largest absolute Gasteiger partial charge is 0.504 e. The van der Waals surface area contributed by atoms with E-state index in [1.807, 2.05) is 0 Å². The number of amidine groups is 1. The Labute approximate surface area is 110 Å². The summed E-state index contributed by atoms with van der Waals surface area (Å²) in [6, 6.07) is 4.52. The van der Waals surface area contributed by atoms with E-state index in [4.69, 9.17) is 10.1 Å². The standard InChI is InChI=1S/C13H15N3O3/c1-3-16-12(14)9(15-13(16)18)6-8-4-5-10(17)11(7-8)19-2/h4-7,14,17H,3H2,1-2H3,(H,15,18). The van der Waals surface area contributed by atoms with Crippen molar-refractivity contribution < 1.29 is 14.6 Å². The normalized spacial score (nSPS) is 16.9. The number of urea groups is 1. The van der Waals surface area contributed by atoms with Gasteiger partial charge >= 0.3 is 6.03 Å². The molecule has 2 rings (SSSR count). The highest BCUT2D eigenvalue weighted by atomic mass is 16.5. The first kappa shape index (κ1) is 12.9. The number of aromatic hydroxyl groups is 1. The van der Waals surface area contributed by atoms with Crippen LogP contribution in [-0.2, 0) is 0 Å². The summed E-state index contributed by atoms with van der Waals surface area (Å²) >= 11 is 0. The smallest absolute Gasteiger partial charge is 0.327 e. The number of benzene rings is 1. The second-order valence-corrected chi connectivity index (χ2v) is 4.01. The van der Waals surface area contributed by atoms with E-state index in [0.717, 1.165) is 5.56 Å². The van der Waals surface area contributed by atoms with Crippen LogP contribution in [0, 0.1) is 5.41 Å². The lowest BCUT2D eigenvalue weighted by molar-refractivity contribution is 0.230. The van der Waals surface area contributed by atoms with E-state index in [-0.39, 0.29) is 17.6 Å². The van der Waals surface area contributed by atoms with Gasteiger partial charge in [-0.25, -0.2) is 4.79 Å². The Kier molecular flexibility index (Phi) is 3.41. The molecule has 6 nitrogen and oxygen atoms in total. The first-order valence-corrected chi connectivity index (χ1v) is 5.83. The number of carbonyl (C=O) groups is 1. The molecule has 1 saturated heterocycles. The van der Waals surface area contributed by atoms with Gasteiger partial charge in [0.2, 0.25) is 0 Å². The van der Waals surface area contributed by atoms with E-state index < -0.39 is 0 Å². The number of likely N-dealkylation sites (N-methyl/N-ethyl adjacent to an activating group) is 1. The number of rotatable bonds is 3. The average molecular weight is 261 g/mol. The van der Waals surface area contributed by atoms with Crippen LogP contribution >= 0.6 is 0 Å². The van der Waals surface area contributed by atoms with Gasteiger partial charge in [-0.2, -0.15) is 0 Å². The molecule has 1 fully saturated rings. The zero-order valence-electron chi connectivity index (χ0n) is 10.7. The third-order valence-electron chi connectivity index (χ3n) is 2.84. The van der Waals surface area contributed by atoms with Crippen LogP contribution in [0.25, 0.3) is 6.08 Å². The summed E-state index contributed by atoms with van der Waals surface area (Å²) in [7, 11) is 1.46. The molecule has 0 unspecified atom stereocenters. The minimum atomic E-state index is -0.301. The zero-order chi connectivity index (χ0) is 14.0. The summed E-state index contributed by atoms with van der Waals surface area (Å²) in [6.07, 6.45) is 1.66.